The fourth-order valence-corrected chi connectivity index (χ4v) is 4.63. The summed E-state index contributed by atoms with van der Waals surface area (Å²) < 4.78 is 6.88. The first kappa shape index (κ1) is 19.6. The zero-order valence-corrected chi connectivity index (χ0v) is 17.7. The molecule has 1 aliphatic heterocycles. The maximum Gasteiger partial charge on any atom is 0.220 e. The van der Waals surface area contributed by atoms with E-state index in [2.05, 4.69) is 19.9 Å². The number of ketones is 2. The average Bonchev–Trinajstić information content (AvgIpc) is 3.46. The number of nitrogens with zero attached hydrogens (tertiary/aromatic N) is 6. The molecule has 0 saturated carbocycles. The van der Waals surface area contributed by atoms with Gasteiger partial charge in [-0.05, 0) is 12.1 Å². The molecule has 4 aromatic rings. The third-order valence-corrected chi connectivity index (χ3v) is 6.37. The van der Waals surface area contributed by atoms with E-state index in [0.29, 0.717) is 17.1 Å². The summed E-state index contributed by atoms with van der Waals surface area (Å²) in [6.07, 6.45) is 3.45. The molecule has 6 rings (SSSR count). The highest BCUT2D eigenvalue weighted by molar-refractivity contribution is 6.26. The first-order chi connectivity index (χ1) is 16.1. The minimum Gasteiger partial charge on any atom is -0.571 e. The van der Waals surface area contributed by atoms with Crippen LogP contribution in [0.25, 0.3) is 11.0 Å². The van der Waals surface area contributed by atoms with Crippen LogP contribution in [0, 0.1) is 5.21 Å². The molecule has 1 aliphatic carbocycles. The van der Waals surface area contributed by atoms with Crippen LogP contribution in [0.5, 0.6) is 0 Å². The van der Waals surface area contributed by atoms with Crippen molar-refractivity contribution in [1.29, 1.82) is 0 Å². The van der Waals surface area contributed by atoms with Gasteiger partial charge in [0.25, 0.3) is 0 Å². The zero-order chi connectivity index (χ0) is 22.5. The lowest BCUT2D eigenvalue weighted by molar-refractivity contribution is -0.749. The molecular weight excluding hydrogens is 424 g/mol. The van der Waals surface area contributed by atoms with Crippen LogP contribution < -0.4 is 9.86 Å². The molecule has 10 nitrogen and oxygen atoms in total. The Bertz CT molecular complexity index is 1400. The van der Waals surface area contributed by atoms with Crippen molar-refractivity contribution in [2.45, 2.75) is 6.54 Å². The lowest BCUT2D eigenvalue weighted by Gasteiger charge is -2.35. The van der Waals surface area contributed by atoms with Gasteiger partial charge in [0.1, 0.15) is 0 Å². The molecule has 0 bridgehead atoms. The largest absolute Gasteiger partial charge is 0.571 e. The van der Waals surface area contributed by atoms with Crippen LogP contribution in [0.15, 0.2) is 53.3 Å². The van der Waals surface area contributed by atoms with E-state index in [-0.39, 0.29) is 29.3 Å². The highest BCUT2D eigenvalue weighted by Gasteiger charge is 2.39. The van der Waals surface area contributed by atoms with Crippen molar-refractivity contribution in [1.82, 2.24) is 19.7 Å². The molecule has 1 saturated heterocycles. The van der Waals surface area contributed by atoms with Crippen LogP contribution in [0.1, 0.15) is 32.1 Å². The van der Waals surface area contributed by atoms with E-state index >= 15 is 0 Å². The number of carbonyl (C=O) groups excluding carboxylic acids is 2. The topological polar surface area (TPSA) is 111 Å². The van der Waals surface area contributed by atoms with Crippen LogP contribution >= 0.6 is 0 Å². The van der Waals surface area contributed by atoms with Crippen molar-refractivity contribution in [3.63, 3.8) is 0 Å². The highest BCUT2D eigenvalue weighted by Crippen LogP contribution is 2.27. The first-order valence-corrected chi connectivity index (χ1v) is 10.8. The summed E-state index contributed by atoms with van der Waals surface area (Å²) in [5.74, 6) is 0.0995. The number of hydrogen-bond donors (Lipinski definition) is 0. The number of piperazine rings is 1. The number of hydrogen-bond acceptors (Lipinski definition) is 8. The van der Waals surface area contributed by atoms with Crippen molar-refractivity contribution in [3.8, 4) is 0 Å². The van der Waals surface area contributed by atoms with Crippen LogP contribution in [0.4, 0.5) is 5.82 Å². The Morgan fingerprint density at radius 3 is 2.52 bits per heavy atom. The lowest BCUT2D eigenvalue weighted by atomic mass is 9.90. The monoisotopic (exact) mass is 444 g/mol. The zero-order valence-electron chi connectivity index (χ0n) is 17.7. The summed E-state index contributed by atoms with van der Waals surface area (Å²) in [5, 5.41) is 17.3. The number of furan rings is 1. The number of aromatic nitrogens is 4. The van der Waals surface area contributed by atoms with E-state index in [9.17, 15) is 14.8 Å². The normalized spacial score (nSPS) is 16.3. The van der Waals surface area contributed by atoms with Gasteiger partial charge in [-0.25, -0.2) is 4.98 Å². The molecule has 1 fully saturated rings. The van der Waals surface area contributed by atoms with Gasteiger partial charge < -0.3 is 14.5 Å². The minimum atomic E-state index is -0.392. The van der Waals surface area contributed by atoms with Crippen molar-refractivity contribution >= 4 is 28.4 Å². The second-order valence-electron chi connectivity index (χ2n) is 8.18. The van der Waals surface area contributed by atoms with E-state index in [0.717, 1.165) is 43.0 Å². The van der Waals surface area contributed by atoms with Crippen LogP contribution in [-0.2, 0) is 6.54 Å². The van der Waals surface area contributed by atoms with E-state index in [1.165, 1.54) is 4.68 Å². The summed E-state index contributed by atoms with van der Waals surface area (Å²) in [6, 6.07) is 10.4. The predicted molar refractivity (Wildman–Crippen MR) is 117 cm³/mol. The van der Waals surface area contributed by atoms with Crippen molar-refractivity contribution in [2.24, 2.45) is 0 Å². The molecule has 0 N–H and O–H groups in total. The van der Waals surface area contributed by atoms with Gasteiger partial charge in [-0.2, -0.15) is 0 Å². The SMILES string of the molecule is O=C1c2ccccc2C(=O)c2c1n[n+]([O-])n2CCN1CCN(c2nccc3ccoc23)CC1. The number of fused-ring (bicyclic) bond motifs is 3. The Hall–Kier alpha value is -4.05. The summed E-state index contributed by atoms with van der Waals surface area (Å²) >= 11 is 0. The van der Waals surface area contributed by atoms with Crippen molar-refractivity contribution in [2.75, 3.05) is 37.6 Å². The average molecular weight is 444 g/mol. The smallest absolute Gasteiger partial charge is 0.220 e. The molecule has 4 heterocycles. The number of anilines is 1. The molecule has 3 aromatic heterocycles. The molecular formula is C23H20N6O4. The molecule has 1 aromatic carbocycles. The maximum absolute atomic E-state index is 13.0. The van der Waals surface area contributed by atoms with E-state index < -0.39 is 5.78 Å². The Morgan fingerprint density at radius 1 is 0.970 bits per heavy atom. The van der Waals surface area contributed by atoms with Gasteiger partial charge in [0.05, 0.1) is 12.8 Å². The predicted octanol–water partition coefficient (Wildman–Crippen LogP) is 1.26. The summed E-state index contributed by atoms with van der Waals surface area (Å²) in [7, 11) is 0. The second-order valence-corrected chi connectivity index (χ2v) is 8.18. The molecule has 0 radical (unpaired) electrons. The van der Waals surface area contributed by atoms with Gasteiger partial charge in [0, 0.05) is 65.5 Å². The molecule has 0 atom stereocenters. The van der Waals surface area contributed by atoms with Crippen LogP contribution in [0.3, 0.4) is 0 Å². The van der Waals surface area contributed by atoms with Gasteiger partial charge in [0.15, 0.2) is 17.1 Å². The van der Waals surface area contributed by atoms with Crippen LogP contribution in [0.2, 0.25) is 0 Å². The third-order valence-electron chi connectivity index (χ3n) is 6.37. The number of rotatable bonds is 4. The maximum atomic E-state index is 13.0. The van der Waals surface area contributed by atoms with Gasteiger partial charge >= 0.3 is 0 Å². The van der Waals surface area contributed by atoms with Gasteiger partial charge in [-0.3, -0.25) is 14.5 Å². The van der Waals surface area contributed by atoms with Gasteiger partial charge in [0.2, 0.25) is 17.3 Å². The van der Waals surface area contributed by atoms with Gasteiger partial charge in [-0.15, -0.1) is 4.68 Å². The Labute approximate surface area is 188 Å². The molecule has 166 valence electrons. The minimum absolute atomic E-state index is 0.0704. The lowest BCUT2D eigenvalue weighted by Crippen LogP contribution is -2.49. The Morgan fingerprint density at radius 2 is 1.73 bits per heavy atom. The Kier molecular flexibility index (Phi) is 4.47. The van der Waals surface area contributed by atoms with E-state index in [1.54, 1.807) is 36.7 Å². The van der Waals surface area contributed by atoms with Crippen molar-refractivity contribution in [3.05, 3.63) is 76.6 Å². The fourth-order valence-electron chi connectivity index (χ4n) is 4.63. The quantitative estimate of drug-likeness (QED) is 0.301. The standard InChI is InChI=1S/C23H20N6O4/c30-20-16-3-1-2-4-17(16)21(31)19-18(20)25-29(32)28(19)13-10-26-8-11-27(12-9-26)23-22-15(5-7-24-23)6-14-33-22/h1-7,14H,8-13H2. The molecule has 0 amide bonds. The number of benzene rings is 1. The molecule has 10 heteroatoms. The van der Waals surface area contributed by atoms with Crippen LogP contribution in [-0.4, -0.2) is 64.0 Å². The molecule has 2 aliphatic rings. The summed E-state index contributed by atoms with van der Waals surface area (Å²) in [4.78, 5) is 35.0. The first-order valence-electron chi connectivity index (χ1n) is 10.8. The fraction of sp³-hybridized carbons (Fsp3) is 0.261. The second kappa shape index (κ2) is 7.52. The summed E-state index contributed by atoms with van der Waals surface area (Å²) in [6.45, 7) is 3.88. The highest BCUT2D eigenvalue weighted by atomic mass is 16.5. The van der Waals surface area contributed by atoms with Crippen molar-refractivity contribution < 1.29 is 19.0 Å². The number of pyridine rings is 1. The molecule has 33 heavy (non-hydrogen) atoms. The number of carbonyl (C=O) groups is 2. The third kappa shape index (κ3) is 3.10. The molecule has 0 unspecified atom stereocenters. The van der Waals surface area contributed by atoms with E-state index in [4.69, 9.17) is 4.42 Å². The molecule has 0 spiro atoms. The Balaban J connectivity index is 1.17. The summed E-state index contributed by atoms with van der Waals surface area (Å²) in [5.41, 5.74) is 1.38. The van der Waals surface area contributed by atoms with E-state index in [1.807, 2.05) is 12.1 Å². The van der Waals surface area contributed by atoms with Gasteiger partial charge in [-0.1, -0.05) is 24.3 Å².